The average Bonchev–Trinajstić information content (AvgIpc) is 2.76. The van der Waals surface area contributed by atoms with Gasteiger partial charge in [-0.1, -0.05) is 39.8 Å². The van der Waals surface area contributed by atoms with Crippen LogP contribution in [0, 0.1) is 17.3 Å². The zero-order chi connectivity index (χ0) is 26.9. The van der Waals surface area contributed by atoms with Gasteiger partial charge in [-0.05, 0) is 16.9 Å². The molecule has 0 bridgehead atoms. The molecule has 0 saturated heterocycles. The van der Waals surface area contributed by atoms with E-state index in [0.717, 1.165) is 0 Å². The second-order valence-corrected chi connectivity index (χ2v) is 11.2. The molecule has 1 fully saturated rings. The van der Waals surface area contributed by atoms with Crippen molar-refractivity contribution < 1.29 is 39.9 Å². The van der Waals surface area contributed by atoms with Gasteiger partial charge in [0.2, 0.25) is 5.78 Å². The van der Waals surface area contributed by atoms with E-state index < -0.39 is 70.4 Å². The minimum atomic E-state index is -2.84. The number of benzene rings is 1. The van der Waals surface area contributed by atoms with Gasteiger partial charge >= 0.3 is 0 Å². The zero-order valence-corrected chi connectivity index (χ0v) is 20.6. The summed E-state index contributed by atoms with van der Waals surface area (Å²) in [4.78, 5) is 37.9. The summed E-state index contributed by atoms with van der Waals surface area (Å²) in [5.41, 5.74) is 2.00. The Labute approximate surface area is 208 Å². The Hall–Kier alpha value is -3.21. The van der Waals surface area contributed by atoms with Crippen LogP contribution in [0.3, 0.4) is 0 Å². The third-order valence-electron chi connectivity index (χ3n) is 7.55. The van der Waals surface area contributed by atoms with E-state index >= 15 is 0 Å². The molecule has 10 heteroatoms. The molecule has 8 N–H and O–H groups in total. The van der Waals surface area contributed by atoms with Gasteiger partial charge in [0.15, 0.2) is 11.4 Å². The number of carbonyl (C=O) groups excluding carboxylic acids is 3. The summed E-state index contributed by atoms with van der Waals surface area (Å²) in [6, 6.07) is 3.40. The van der Waals surface area contributed by atoms with Gasteiger partial charge in [-0.2, -0.15) is 0 Å². The topological polar surface area (TPSA) is 190 Å². The molecule has 1 amide bonds. The molecule has 194 valence electrons. The summed E-state index contributed by atoms with van der Waals surface area (Å²) in [6.07, 6.45) is -2.14. The molecule has 1 aromatic carbocycles. The van der Waals surface area contributed by atoms with Gasteiger partial charge in [-0.25, -0.2) is 0 Å². The number of primary amides is 1. The first-order valence-electron chi connectivity index (χ1n) is 11.8. The molecule has 3 aliphatic rings. The maximum atomic E-state index is 13.7. The molecule has 0 aliphatic heterocycles. The molecule has 3 aliphatic carbocycles. The summed E-state index contributed by atoms with van der Waals surface area (Å²) >= 11 is 0. The average molecular weight is 501 g/mol. The minimum Gasteiger partial charge on any atom is -0.508 e. The van der Waals surface area contributed by atoms with Crippen LogP contribution in [0.2, 0.25) is 0 Å². The smallest absolute Gasteiger partial charge is 0.255 e. The second-order valence-electron chi connectivity index (χ2n) is 11.2. The molecule has 10 nitrogen and oxygen atoms in total. The number of nitrogens with two attached hydrogens (primary N) is 1. The van der Waals surface area contributed by atoms with Crippen molar-refractivity contribution in [1.82, 2.24) is 5.32 Å². The number of aliphatic hydroxyl groups excluding tert-OH is 3. The number of fused-ring (bicyclic) bond motifs is 3. The second kappa shape index (κ2) is 8.43. The van der Waals surface area contributed by atoms with Crippen molar-refractivity contribution in [3.05, 3.63) is 45.7 Å². The number of aliphatic hydroxyl groups is 4. The van der Waals surface area contributed by atoms with Crippen molar-refractivity contribution in [1.29, 1.82) is 0 Å². The fraction of sp³-hybridized carbons (Fsp3) is 0.500. The molecular weight excluding hydrogens is 468 g/mol. The normalized spacial score (nSPS) is 30.2. The van der Waals surface area contributed by atoms with Crippen LogP contribution in [-0.4, -0.2) is 61.3 Å². The highest BCUT2D eigenvalue weighted by molar-refractivity contribution is 6.23. The van der Waals surface area contributed by atoms with Crippen LogP contribution in [0.15, 0.2) is 29.0 Å². The first-order valence-corrected chi connectivity index (χ1v) is 11.8. The van der Waals surface area contributed by atoms with Crippen LogP contribution in [0.5, 0.6) is 5.75 Å². The Morgan fingerprint density at radius 1 is 1.19 bits per heavy atom. The highest BCUT2D eigenvalue weighted by atomic mass is 16.4. The highest BCUT2D eigenvalue weighted by Crippen LogP contribution is 2.55. The number of Topliss-reactive ketones (excluding diaryl/α,β-unsaturated/α-hetero) is 2. The van der Waals surface area contributed by atoms with E-state index in [-0.39, 0.29) is 28.8 Å². The Morgan fingerprint density at radius 2 is 1.83 bits per heavy atom. The van der Waals surface area contributed by atoms with E-state index in [1.165, 1.54) is 0 Å². The molecule has 1 saturated carbocycles. The zero-order valence-electron chi connectivity index (χ0n) is 20.6. The van der Waals surface area contributed by atoms with Crippen molar-refractivity contribution in [2.24, 2.45) is 23.0 Å². The molecule has 5 unspecified atom stereocenters. The van der Waals surface area contributed by atoms with Crippen LogP contribution < -0.4 is 11.1 Å². The van der Waals surface area contributed by atoms with E-state index in [1.54, 1.807) is 19.1 Å². The molecule has 0 spiro atoms. The monoisotopic (exact) mass is 500 g/mol. The van der Waals surface area contributed by atoms with E-state index in [4.69, 9.17) is 5.73 Å². The largest absolute Gasteiger partial charge is 0.508 e. The number of nitrogens with one attached hydrogen (secondary N) is 1. The van der Waals surface area contributed by atoms with Gasteiger partial charge in [0.05, 0.1) is 11.7 Å². The molecular formula is C26H32N2O8. The van der Waals surface area contributed by atoms with Gasteiger partial charge in [0, 0.05) is 42.5 Å². The van der Waals surface area contributed by atoms with Crippen molar-refractivity contribution in [3.8, 4) is 5.75 Å². The number of phenols is 1. The number of hydrogen-bond donors (Lipinski definition) is 7. The van der Waals surface area contributed by atoms with Crippen molar-refractivity contribution in [3.63, 3.8) is 0 Å². The predicted octanol–water partition coefficient (Wildman–Crippen LogP) is 1.09. The molecule has 0 aromatic heterocycles. The maximum Gasteiger partial charge on any atom is 0.255 e. The number of aromatic hydroxyl groups is 1. The fourth-order valence-electron chi connectivity index (χ4n) is 5.76. The van der Waals surface area contributed by atoms with Gasteiger partial charge in [0.1, 0.15) is 22.8 Å². The Balaban J connectivity index is 1.86. The van der Waals surface area contributed by atoms with Gasteiger partial charge < -0.3 is 36.6 Å². The van der Waals surface area contributed by atoms with Crippen LogP contribution in [0.4, 0.5) is 0 Å². The number of amides is 1. The molecule has 36 heavy (non-hydrogen) atoms. The maximum absolute atomic E-state index is 13.7. The lowest BCUT2D eigenvalue weighted by Crippen LogP contribution is -2.63. The van der Waals surface area contributed by atoms with Gasteiger partial charge in [-0.15, -0.1) is 0 Å². The molecule has 4 rings (SSSR count). The van der Waals surface area contributed by atoms with E-state index in [1.807, 2.05) is 0 Å². The van der Waals surface area contributed by atoms with Crippen LogP contribution >= 0.6 is 0 Å². The minimum absolute atomic E-state index is 0.00288. The number of carbonyl (C=O) groups is 3. The quantitative estimate of drug-likeness (QED) is 0.297. The molecule has 5 atom stereocenters. The predicted molar refractivity (Wildman–Crippen MR) is 129 cm³/mol. The summed E-state index contributed by atoms with van der Waals surface area (Å²) < 4.78 is 0. The lowest BCUT2D eigenvalue weighted by molar-refractivity contribution is -0.160. The van der Waals surface area contributed by atoms with Crippen molar-refractivity contribution in [2.75, 3.05) is 6.54 Å². The van der Waals surface area contributed by atoms with Crippen molar-refractivity contribution >= 4 is 23.2 Å². The molecule has 0 heterocycles. The summed E-state index contributed by atoms with van der Waals surface area (Å²) in [6.45, 7) is 8.79. The van der Waals surface area contributed by atoms with Crippen LogP contribution in [0.1, 0.15) is 56.7 Å². The summed E-state index contributed by atoms with van der Waals surface area (Å²) in [7, 11) is 0. The van der Waals surface area contributed by atoms with Crippen molar-refractivity contribution in [2.45, 2.75) is 58.3 Å². The number of rotatable bonds is 4. The standard InChI is InChI=1S/C26H32N2O8/c1-10-12-6-5-11(8-28-9-25(2,3)4)19(30)16(12)21(32)18-15(10)20(31)13-7-14(29)17(24(27)35)22(33)26(13,36)23(18)34/h5-6,10,13,15,20,28,30-33,36H,7-9H2,1-4H3,(H2,27,35). The Bertz CT molecular complexity index is 1240. The Morgan fingerprint density at radius 3 is 2.42 bits per heavy atom. The SMILES string of the molecule is CC1c2ccc(CNCC(C)(C)C)c(O)c2C(O)=C2C(=O)C3(O)C(O)=C(C(N)=O)C(=O)CC3C(O)C21. The summed E-state index contributed by atoms with van der Waals surface area (Å²) in [5.74, 6) is -8.58. The van der Waals surface area contributed by atoms with E-state index in [0.29, 0.717) is 17.7 Å². The molecule has 0 radical (unpaired) electrons. The fourth-order valence-corrected chi connectivity index (χ4v) is 5.76. The lowest BCUT2D eigenvalue weighted by atomic mass is 9.55. The number of hydrogen-bond acceptors (Lipinski definition) is 9. The van der Waals surface area contributed by atoms with Crippen LogP contribution in [-0.2, 0) is 20.9 Å². The van der Waals surface area contributed by atoms with Gasteiger partial charge in [-0.3, -0.25) is 14.4 Å². The highest BCUT2D eigenvalue weighted by Gasteiger charge is 2.64. The van der Waals surface area contributed by atoms with Crippen LogP contribution in [0.25, 0.3) is 5.76 Å². The first kappa shape index (κ1) is 25.9. The Kier molecular flexibility index (Phi) is 6.06. The van der Waals surface area contributed by atoms with E-state index in [9.17, 15) is 39.9 Å². The third kappa shape index (κ3) is 3.63. The number of ketones is 2. The third-order valence-corrected chi connectivity index (χ3v) is 7.55. The molecule has 1 aromatic rings. The van der Waals surface area contributed by atoms with E-state index in [2.05, 4.69) is 26.1 Å². The summed E-state index contributed by atoms with van der Waals surface area (Å²) in [5, 5.41) is 58.8. The van der Waals surface area contributed by atoms with Gasteiger partial charge in [0.25, 0.3) is 5.91 Å². The lowest BCUT2D eigenvalue weighted by Gasteiger charge is -2.50. The number of phenolic OH excluding ortho intramolecular Hbond substituents is 1. The first-order chi connectivity index (χ1) is 16.6.